The second-order valence-corrected chi connectivity index (χ2v) is 7.99. The first kappa shape index (κ1) is 19.7. The number of nitrogens with zero attached hydrogens (tertiary/aromatic N) is 4. The van der Waals surface area contributed by atoms with E-state index in [0.29, 0.717) is 0 Å². The van der Waals surface area contributed by atoms with E-state index in [1.807, 2.05) is 17.0 Å². The lowest BCUT2D eigenvalue weighted by atomic mass is 10.0. The fourth-order valence-corrected chi connectivity index (χ4v) is 4.65. The molecule has 2 aliphatic heterocycles. The van der Waals surface area contributed by atoms with Crippen LogP contribution in [0.1, 0.15) is 54.9 Å². The average Bonchev–Trinajstić information content (AvgIpc) is 3.23. The zero-order valence-electron chi connectivity index (χ0n) is 17.6. The van der Waals surface area contributed by atoms with Gasteiger partial charge in [0.05, 0.1) is 13.2 Å². The molecular weight excluding hydrogens is 364 g/mol. The zero-order valence-corrected chi connectivity index (χ0v) is 17.6. The van der Waals surface area contributed by atoms with Gasteiger partial charge in [0.1, 0.15) is 11.6 Å². The van der Waals surface area contributed by atoms with Crippen molar-refractivity contribution in [2.24, 2.45) is 0 Å². The largest absolute Gasteiger partial charge is 0.496 e. The van der Waals surface area contributed by atoms with Crippen LogP contribution in [-0.2, 0) is 17.6 Å². The van der Waals surface area contributed by atoms with Crippen molar-refractivity contribution in [1.29, 1.82) is 0 Å². The number of carbonyl (C=O) groups is 1. The highest BCUT2D eigenvalue weighted by Gasteiger charge is 2.32. The standard InChI is InChI=1S/C23H30N4O2/c1-16-19-9-6-13-26(15-12-18-8-4-5-11-21(18)29-3)23(19)25-22(24-16)20-10-7-14-27(20)17(2)28/h4-5,8,11,20H,6-7,9-10,12-15H2,1-3H3/t20-/m0/s1. The maximum absolute atomic E-state index is 12.0. The predicted octanol–water partition coefficient (Wildman–Crippen LogP) is 3.47. The van der Waals surface area contributed by atoms with Crippen LogP contribution in [-0.4, -0.2) is 47.5 Å². The SMILES string of the molecule is COc1ccccc1CCN1CCCc2c(C)nc([C@@H]3CCCN3C(C)=O)nc21. The summed E-state index contributed by atoms with van der Waals surface area (Å²) in [5, 5.41) is 0. The highest BCUT2D eigenvalue weighted by Crippen LogP contribution is 2.34. The van der Waals surface area contributed by atoms with Gasteiger partial charge in [-0.25, -0.2) is 9.97 Å². The number of benzene rings is 1. The van der Waals surface area contributed by atoms with E-state index in [1.165, 1.54) is 11.1 Å². The van der Waals surface area contributed by atoms with Crippen LogP contribution in [0.3, 0.4) is 0 Å². The van der Waals surface area contributed by atoms with Gasteiger partial charge in [-0.05, 0) is 50.7 Å². The van der Waals surface area contributed by atoms with Gasteiger partial charge < -0.3 is 14.5 Å². The maximum Gasteiger partial charge on any atom is 0.220 e. The number of methoxy groups -OCH3 is 1. The minimum absolute atomic E-state index is 0.00879. The molecule has 3 heterocycles. The maximum atomic E-state index is 12.0. The number of amides is 1. The molecule has 0 aliphatic carbocycles. The quantitative estimate of drug-likeness (QED) is 0.777. The topological polar surface area (TPSA) is 58.6 Å². The summed E-state index contributed by atoms with van der Waals surface area (Å²) in [5.41, 5.74) is 3.53. The van der Waals surface area contributed by atoms with Crippen LogP contribution in [0.15, 0.2) is 24.3 Å². The summed E-state index contributed by atoms with van der Waals surface area (Å²) in [7, 11) is 1.72. The van der Waals surface area contributed by atoms with Crippen molar-refractivity contribution < 1.29 is 9.53 Å². The minimum Gasteiger partial charge on any atom is -0.496 e. The van der Waals surface area contributed by atoms with Gasteiger partial charge in [0.15, 0.2) is 5.82 Å². The van der Waals surface area contributed by atoms with Crippen molar-refractivity contribution in [3.63, 3.8) is 0 Å². The Balaban J connectivity index is 1.60. The number of ether oxygens (including phenoxy) is 1. The number of aryl methyl sites for hydroxylation is 1. The van der Waals surface area contributed by atoms with E-state index in [1.54, 1.807) is 14.0 Å². The Morgan fingerprint density at radius 3 is 2.83 bits per heavy atom. The van der Waals surface area contributed by atoms with Crippen LogP contribution in [0.4, 0.5) is 5.82 Å². The van der Waals surface area contributed by atoms with Gasteiger partial charge in [-0.1, -0.05) is 18.2 Å². The number of para-hydroxylation sites is 1. The molecule has 1 aromatic carbocycles. The molecular formula is C23H30N4O2. The number of likely N-dealkylation sites (tertiary alicyclic amines) is 1. The summed E-state index contributed by atoms with van der Waals surface area (Å²) < 4.78 is 5.51. The van der Waals surface area contributed by atoms with Crippen molar-refractivity contribution in [3.05, 3.63) is 46.9 Å². The van der Waals surface area contributed by atoms with E-state index in [9.17, 15) is 4.79 Å². The van der Waals surface area contributed by atoms with Crippen LogP contribution in [0.2, 0.25) is 0 Å². The van der Waals surface area contributed by atoms with E-state index in [-0.39, 0.29) is 11.9 Å². The van der Waals surface area contributed by atoms with E-state index in [4.69, 9.17) is 14.7 Å². The fraction of sp³-hybridized carbons (Fsp3) is 0.522. The third kappa shape index (κ3) is 3.93. The molecule has 0 N–H and O–H groups in total. The van der Waals surface area contributed by atoms with Crippen LogP contribution < -0.4 is 9.64 Å². The lowest BCUT2D eigenvalue weighted by molar-refractivity contribution is -0.129. The van der Waals surface area contributed by atoms with E-state index in [2.05, 4.69) is 24.0 Å². The molecule has 6 nitrogen and oxygen atoms in total. The second kappa shape index (κ2) is 8.39. The molecule has 1 saturated heterocycles. The van der Waals surface area contributed by atoms with Crippen molar-refractivity contribution >= 4 is 11.7 Å². The number of hydrogen-bond donors (Lipinski definition) is 0. The normalized spacial score (nSPS) is 18.7. The molecule has 154 valence electrons. The Bertz CT molecular complexity index is 898. The third-order valence-corrected chi connectivity index (χ3v) is 6.16. The van der Waals surface area contributed by atoms with Gasteiger partial charge in [0.25, 0.3) is 0 Å². The minimum atomic E-state index is 0.00879. The number of anilines is 1. The van der Waals surface area contributed by atoms with Crippen LogP contribution in [0.5, 0.6) is 5.75 Å². The summed E-state index contributed by atoms with van der Waals surface area (Å²) in [6.07, 6.45) is 5.00. The number of aromatic nitrogens is 2. The molecule has 0 spiro atoms. The summed E-state index contributed by atoms with van der Waals surface area (Å²) in [6.45, 7) is 6.42. The van der Waals surface area contributed by atoms with Crippen molar-refractivity contribution in [2.75, 3.05) is 31.6 Å². The zero-order chi connectivity index (χ0) is 20.4. The van der Waals surface area contributed by atoms with Crippen molar-refractivity contribution in [1.82, 2.24) is 14.9 Å². The summed E-state index contributed by atoms with van der Waals surface area (Å²) in [5.74, 6) is 2.91. The first-order chi connectivity index (χ1) is 14.1. The molecule has 0 radical (unpaired) electrons. The molecule has 2 aliphatic rings. The molecule has 2 aromatic rings. The van der Waals surface area contributed by atoms with Gasteiger partial charge in [-0.2, -0.15) is 0 Å². The lowest BCUT2D eigenvalue weighted by Gasteiger charge is -2.32. The van der Waals surface area contributed by atoms with E-state index >= 15 is 0 Å². The van der Waals surface area contributed by atoms with Crippen LogP contribution in [0.25, 0.3) is 0 Å². The molecule has 1 fully saturated rings. The molecule has 1 aromatic heterocycles. The number of fused-ring (bicyclic) bond motifs is 1. The molecule has 4 rings (SSSR count). The Labute approximate surface area is 172 Å². The third-order valence-electron chi connectivity index (χ3n) is 6.16. The smallest absolute Gasteiger partial charge is 0.220 e. The second-order valence-electron chi connectivity index (χ2n) is 7.99. The molecule has 0 unspecified atom stereocenters. The molecule has 0 bridgehead atoms. The first-order valence-electron chi connectivity index (χ1n) is 10.6. The molecule has 0 saturated carbocycles. The van der Waals surface area contributed by atoms with E-state index in [0.717, 1.165) is 74.8 Å². The Kier molecular flexibility index (Phi) is 5.69. The van der Waals surface area contributed by atoms with Crippen molar-refractivity contribution in [3.8, 4) is 5.75 Å². The molecule has 6 heteroatoms. The Morgan fingerprint density at radius 2 is 2.03 bits per heavy atom. The van der Waals surface area contributed by atoms with Gasteiger partial charge in [-0.15, -0.1) is 0 Å². The summed E-state index contributed by atoms with van der Waals surface area (Å²) in [4.78, 5) is 26.2. The van der Waals surface area contributed by atoms with Gasteiger partial charge in [0, 0.05) is 37.8 Å². The molecule has 1 amide bonds. The highest BCUT2D eigenvalue weighted by molar-refractivity contribution is 5.74. The number of hydrogen-bond acceptors (Lipinski definition) is 5. The first-order valence-corrected chi connectivity index (χ1v) is 10.6. The van der Waals surface area contributed by atoms with Gasteiger partial charge in [0.2, 0.25) is 5.91 Å². The predicted molar refractivity (Wildman–Crippen MR) is 113 cm³/mol. The van der Waals surface area contributed by atoms with Gasteiger partial charge in [-0.3, -0.25) is 4.79 Å². The van der Waals surface area contributed by atoms with Crippen LogP contribution >= 0.6 is 0 Å². The molecule has 29 heavy (non-hydrogen) atoms. The molecule has 1 atom stereocenters. The average molecular weight is 395 g/mol. The van der Waals surface area contributed by atoms with Crippen LogP contribution in [0, 0.1) is 6.92 Å². The summed E-state index contributed by atoms with van der Waals surface area (Å²) in [6, 6.07) is 8.21. The summed E-state index contributed by atoms with van der Waals surface area (Å²) >= 11 is 0. The number of rotatable bonds is 5. The van der Waals surface area contributed by atoms with Crippen molar-refractivity contribution in [2.45, 2.75) is 52.0 Å². The monoisotopic (exact) mass is 394 g/mol. The lowest BCUT2D eigenvalue weighted by Crippen LogP contribution is -2.35. The fourth-order valence-electron chi connectivity index (χ4n) is 4.65. The number of carbonyl (C=O) groups excluding carboxylic acids is 1. The Hall–Kier alpha value is -2.63. The highest BCUT2D eigenvalue weighted by atomic mass is 16.5. The van der Waals surface area contributed by atoms with Gasteiger partial charge >= 0.3 is 0 Å². The van der Waals surface area contributed by atoms with E-state index < -0.39 is 0 Å². The Morgan fingerprint density at radius 1 is 1.21 bits per heavy atom.